The molecule has 1 aromatic rings. The van der Waals surface area contributed by atoms with Gasteiger partial charge in [0.05, 0.1) is 23.1 Å². The van der Waals surface area contributed by atoms with Crippen LogP contribution in [0.15, 0.2) is 12.3 Å². The van der Waals surface area contributed by atoms with Gasteiger partial charge < -0.3 is 11.1 Å². The molecule has 1 unspecified atom stereocenters. The van der Waals surface area contributed by atoms with Crippen molar-refractivity contribution in [3.63, 3.8) is 0 Å². The lowest BCUT2D eigenvalue weighted by molar-refractivity contribution is 0.0937. The number of anilines is 1. The van der Waals surface area contributed by atoms with Crippen LogP contribution in [0, 0.1) is 6.92 Å². The fourth-order valence-electron chi connectivity index (χ4n) is 1.85. The average Bonchev–Trinajstić information content (AvgIpc) is 2.32. The molecule has 1 atom stereocenters. The minimum Gasteiger partial charge on any atom is -0.397 e. The highest BCUT2D eigenvalue weighted by Crippen LogP contribution is 2.10. The topological polar surface area (TPSA) is 68.0 Å². The number of nitrogen functional groups attached to an aromatic ring is 1. The van der Waals surface area contributed by atoms with Crippen LogP contribution in [-0.4, -0.2) is 16.9 Å². The molecular formula is C14H23N3O. The van der Waals surface area contributed by atoms with E-state index in [-0.39, 0.29) is 11.9 Å². The summed E-state index contributed by atoms with van der Waals surface area (Å²) in [4.78, 5) is 16.2. The Bertz CT molecular complexity index is 404. The van der Waals surface area contributed by atoms with Crippen molar-refractivity contribution >= 4 is 11.6 Å². The summed E-state index contributed by atoms with van der Waals surface area (Å²) in [5.41, 5.74) is 7.45. The van der Waals surface area contributed by atoms with E-state index in [0.29, 0.717) is 16.9 Å². The first-order valence-electron chi connectivity index (χ1n) is 6.57. The maximum absolute atomic E-state index is 12.1. The lowest BCUT2D eigenvalue weighted by Crippen LogP contribution is -2.33. The molecule has 0 aliphatic heterocycles. The SMILES string of the molecule is CCCCCC(C)NC(=O)c1cc(N)cnc1C. The number of hydrogen-bond donors (Lipinski definition) is 2. The molecule has 4 nitrogen and oxygen atoms in total. The summed E-state index contributed by atoms with van der Waals surface area (Å²) in [5, 5.41) is 2.99. The van der Waals surface area contributed by atoms with Crippen molar-refractivity contribution in [3.8, 4) is 0 Å². The van der Waals surface area contributed by atoms with Crippen molar-refractivity contribution in [1.29, 1.82) is 0 Å². The minimum atomic E-state index is -0.0868. The Morgan fingerprint density at radius 1 is 1.50 bits per heavy atom. The van der Waals surface area contributed by atoms with Crippen LogP contribution in [0.3, 0.4) is 0 Å². The number of carbonyl (C=O) groups excluding carboxylic acids is 1. The number of aryl methyl sites for hydroxylation is 1. The van der Waals surface area contributed by atoms with E-state index in [4.69, 9.17) is 5.73 Å². The number of unbranched alkanes of at least 4 members (excludes halogenated alkanes) is 2. The van der Waals surface area contributed by atoms with E-state index in [1.54, 1.807) is 12.3 Å². The number of rotatable bonds is 6. The summed E-state index contributed by atoms with van der Waals surface area (Å²) in [5.74, 6) is -0.0868. The van der Waals surface area contributed by atoms with Gasteiger partial charge in [0.25, 0.3) is 5.91 Å². The number of nitrogens with two attached hydrogens (primary N) is 1. The summed E-state index contributed by atoms with van der Waals surface area (Å²) >= 11 is 0. The van der Waals surface area contributed by atoms with Gasteiger partial charge in [0.2, 0.25) is 0 Å². The Morgan fingerprint density at radius 3 is 2.89 bits per heavy atom. The zero-order chi connectivity index (χ0) is 13.5. The quantitative estimate of drug-likeness (QED) is 0.762. The summed E-state index contributed by atoms with van der Waals surface area (Å²) in [6.07, 6.45) is 6.12. The number of nitrogens with one attached hydrogen (secondary N) is 1. The zero-order valence-electron chi connectivity index (χ0n) is 11.5. The molecule has 0 radical (unpaired) electrons. The molecule has 4 heteroatoms. The summed E-state index contributed by atoms with van der Waals surface area (Å²) in [6, 6.07) is 1.86. The lowest BCUT2D eigenvalue weighted by atomic mass is 10.1. The molecule has 100 valence electrons. The van der Waals surface area contributed by atoms with Crippen molar-refractivity contribution < 1.29 is 4.79 Å². The number of nitrogens with zero attached hydrogens (tertiary/aromatic N) is 1. The van der Waals surface area contributed by atoms with Crippen molar-refractivity contribution in [2.45, 2.75) is 52.5 Å². The largest absolute Gasteiger partial charge is 0.397 e. The third-order valence-electron chi connectivity index (χ3n) is 2.97. The molecule has 1 amide bonds. The van der Waals surface area contributed by atoms with Gasteiger partial charge in [-0.2, -0.15) is 0 Å². The molecule has 0 spiro atoms. The van der Waals surface area contributed by atoms with Gasteiger partial charge in [0.15, 0.2) is 0 Å². The number of pyridine rings is 1. The van der Waals surface area contributed by atoms with E-state index in [9.17, 15) is 4.79 Å². The first-order chi connectivity index (χ1) is 8.54. The van der Waals surface area contributed by atoms with Gasteiger partial charge in [-0.3, -0.25) is 9.78 Å². The smallest absolute Gasteiger partial charge is 0.253 e. The fraction of sp³-hybridized carbons (Fsp3) is 0.571. The molecule has 0 fully saturated rings. The van der Waals surface area contributed by atoms with E-state index >= 15 is 0 Å². The van der Waals surface area contributed by atoms with Crippen molar-refractivity contribution in [2.75, 3.05) is 5.73 Å². The summed E-state index contributed by atoms with van der Waals surface area (Å²) in [6.45, 7) is 6.02. The van der Waals surface area contributed by atoms with Crippen LogP contribution in [0.25, 0.3) is 0 Å². The third kappa shape index (κ3) is 4.35. The molecule has 3 N–H and O–H groups in total. The highest BCUT2D eigenvalue weighted by molar-refractivity contribution is 5.96. The Kier molecular flexibility index (Phi) is 5.62. The van der Waals surface area contributed by atoms with Crippen LogP contribution in [0.5, 0.6) is 0 Å². The molecule has 0 aromatic carbocycles. The normalized spacial score (nSPS) is 12.2. The number of hydrogen-bond acceptors (Lipinski definition) is 3. The third-order valence-corrected chi connectivity index (χ3v) is 2.97. The second kappa shape index (κ2) is 6.99. The highest BCUT2D eigenvalue weighted by atomic mass is 16.1. The fourth-order valence-corrected chi connectivity index (χ4v) is 1.85. The van der Waals surface area contributed by atoms with Gasteiger partial charge in [-0.05, 0) is 26.3 Å². The zero-order valence-corrected chi connectivity index (χ0v) is 11.5. The average molecular weight is 249 g/mol. The second-order valence-electron chi connectivity index (χ2n) is 4.77. The predicted octanol–water partition coefficient (Wildman–Crippen LogP) is 2.67. The van der Waals surface area contributed by atoms with Gasteiger partial charge in [-0.1, -0.05) is 26.2 Å². The van der Waals surface area contributed by atoms with Gasteiger partial charge >= 0.3 is 0 Å². The Labute approximate surface area is 109 Å². The van der Waals surface area contributed by atoms with Crippen molar-refractivity contribution in [3.05, 3.63) is 23.5 Å². The maximum Gasteiger partial charge on any atom is 0.253 e. The Morgan fingerprint density at radius 2 is 2.22 bits per heavy atom. The van der Waals surface area contributed by atoms with Crippen molar-refractivity contribution in [2.24, 2.45) is 0 Å². The lowest BCUT2D eigenvalue weighted by Gasteiger charge is -2.14. The van der Waals surface area contributed by atoms with Gasteiger partial charge in [-0.25, -0.2) is 0 Å². The van der Waals surface area contributed by atoms with Gasteiger partial charge in [0, 0.05) is 6.04 Å². The predicted molar refractivity (Wildman–Crippen MR) is 74.5 cm³/mol. The number of aromatic nitrogens is 1. The van der Waals surface area contributed by atoms with E-state index in [1.165, 1.54) is 12.8 Å². The van der Waals surface area contributed by atoms with Gasteiger partial charge in [0.1, 0.15) is 0 Å². The monoisotopic (exact) mass is 249 g/mol. The molecule has 1 aromatic heterocycles. The molecule has 0 saturated carbocycles. The first-order valence-corrected chi connectivity index (χ1v) is 6.57. The summed E-state index contributed by atoms with van der Waals surface area (Å²) in [7, 11) is 0. The van der Waals surface area contributed by atoms with Crippen LogP contribution in [0.4, 0.5) is 5.69 Å². The van der Waals surface area contributed by atoms with E-state index in [1.807, 2.05) is 13.8 Å². The molecular weight excluding hydrogens is 226 g/mol. The second-order valence-corrected chi connectivity index (χ2v) is 4.77. The van der Waals surface area contributed by atoms with Crippen LogP contribution in [0.1, 0.15) is 55.6 Å². The van der Waals surface area contributed by atoms with Gasteiger partial charge in [-0.15, -0.1) is 0 Å². The van der Waals surface area contributed by atoms with E-state index < -0.39 is 0 Å². The minimum absolute atomic E-state index is 0.0868. The molecule has 0 aliphatic carbocycles. The standard InChI is InChI=1S/C14H23N3O/c1-4-5-6-7-10(2)17-14(18)13-8-12(15)9-16-11(13)3/h8-10H,4-7,15H2,1-3H3,(H,17,18). The number of amides is 1. The number of carbonyl (C=O) groups is 1. The molecule has 0 saturated heterocycles. The molecule has 18 heavy (non-hydrogen) atoms. The van der Waals surface area contributed by atoms with Crippen molar-refractivity contribution in [1.82, 2.24) is 10.3 Å². The Balaban J connectivity index is 2.56. The molecule has 1 rings (SSSR count). The van der Waals surface area contributed by atoms with Crippen LogP contribution < -0.4 is 11.1 Å². The van der Waals surface area contributed by atoms with E-state index in [2.05, 4.69) is 17.2 Å². The highest BCUT2D eigenvalue weighted by Gasteiger charge is 2.12. The Hall–Kier alpha value is -1.58. The maximum atomic E-state index is 12.1. The van der Waals surface area contributed by atoms with E-state index in [0.717, 1.165) is 12.8 Å². The van der Waals surface area contributed by atoms with Crippen LogP contribution in [0.2, 0.25) is 0 Å². The summed E-state index contributed by atoms with van der Waals surface area (Å²) < 4.78 is 0. The molecule has 1 heterocycles. The first kappa shape index (κ1) is 14.5. The van der Waals surface area contributed by atoms with Crippen LogP contribution >= 0.6 is 0 Å². The van der Waals surface area contributed by atoms with Crippen LogP contribution in [-0.2, 0) is 0 Å². The molecule has 0 bridgehead atoms. The molecule has 0 aliphatic rings.